The van der Waals surface area contributed by atoms with E-state index < -0.39 is 142 Å². The van der Waals surface area contributed by atoms with Crippen molar-refractivity contribution in [3.05, 3.63) is 0 Å². The Labute approximate surface area is 485 Å². The Kier molecular flexibility index (Phi) is 27.4. The maximum absolute atomic E-state index is 14.4. The van der Waals surface area contributed by atoms with Gasteiger partial charge in [-0.05, 0) is 122 Å². The second-order valence-corrected chi connectivity index (χ2v) is 25.7. The average molecular weight is 1160 g/mol. The molecule has 2 fully saturated rings. The number of amides is 12. The Morgan fingerprint density at radius 3 is 1.34 bits per heavy atom. The number of nitrogens with zero attached hydrogens (tertiary/aromatic N) is 2. The first-order valence-electron chi connectivity index (χ1n) is 29.0. The number of nitrogens with one attached hydrogen (secondary N) is 9. The molecule has 82 heavy (non-hydrogen) atoms. The number of likely N-dealkylation sites (tertiary alicyclic amines) is 2. The molecule has 0 aromatic carbocycles. The molecule has 0 bridgehead atoms. The van der Waals surface area contributed by atoms with Gasteiger partial charge in [-0.2, -0.15) is 0 Å². The molecule has 0 aromatic rings. The van der Waals surface area contributed by atoms with Crippen molar-refractivity contribution in [3.8, 4) is 0 Å². The molecular formula is C57H100N12O13. The van der Waals surface area contributed by atoms with E-state index in [1.165, 1.54) is 58.3 Å². The largest absolute Gasteiger partial charge is 0.394 e. The van der Waals surface area contributed by atoms with E-state index in [0.717, 1.165) is 0 Å². The summed E-state index contributed by atoms with van der Waals surface area (Å²) in [7, 11) is 0. The van der Waals surface area contributed by atoms with E-state index in [9.17, 15) is 62.6 Å². The number of nitrogens with two attached hydrogens (primary N) is 1. The fourth-order valence-electron chi connectivity index (χ4n) is 10.1. The number of aliphatic hydroxyl groups excluding tert-OH is 1. The minimum atomic E-state index is -1.65. The van der Waals surface area contributed by atoms with Gasteiger partial charge in [0.2, 0.25) is 70.9 Å². The highest BCUT2D eigenvalue weighted by Gasteiger charge is 2.46. The Bertz CT molecular complexity index is 2300. The molecule has 0 spiro atoms. The summed E-state index contributed by atoms with van der Waals surface area (Å²) in [5.74, 6) is -8.95. The van der Waals surface area contributed by atoms with Gasteiger partial charge in [0, 0.05) is 26.4 Å². The molecule has 0 radical (unpaired) electrons. The number of carbonyl (C=O) groups excluding carboxylic acids is 12. The lowest BCUT2D eigenvalue weighted by atomic mass is 9.96. The van der Waals surface area contributed by atoms with E-state index in [4.69, 9.17) is 5.73 Å². The molecule has 2 aliphatic heterocycles. The zero-order valence-corrected chi connectivity index (χ0v) is 51.8. The molecule has 0 saturated carbocycles. The molecule has 12 N–H and O–H groups in total. The third kappa shape index (κ3) is 21.7. The van der Waals surface area contributed by atoms with E-state index in [1.807, 2.05) is 41.5 Å². The summed E-state index contributed by atoms with van der Waals surface area (Å²) < 4.78 is 0. The minimum Gasteiger partial charge on any atom is -0.394 e. The van der Waals surface area contributed by atoms with Gasteiger partial charge < -0.3 is 68.5 Å². The van der Waals surface area contributed by atoms with Gasteiger partial charge in [0.1, 0.15) is 58.9 Å². The first-order valence-corrected chi connectivity index (χ1v) is 29.0. The molecule has 2 heterocycles. The third-order valence-electron chi connectivity index (χ3n) is 14.4. The molecule has 2 aliphatic rings. The van der Waals surface area contributed by atoms with Crippen LogP contribution in [-0.2, 0) is 57.5 Å². The van der Waals surface area contributed by atoms with Gasteiger partial charge in [-0.15, -0.1) is 0 Å². The van der Waals surface area contributed by atoms with Gasteiger partial charge in [0.25, 0.3) is 0 Å². The first kappa shape index (κ1) is 71.7. The second-order valence-electron chi connectivity index (χ2n) is 25.7. The maximum atomic E-state index is 14.4. The van der Waals surface area contributed by atoms with Crippen LogP contribution in [-0.4, -0.2) is 170 Å². The van der Waals surface area contributed by atoms with Crippen molar-refractivity contribution in [1.82, 2.24) is 57.7 Å². The summed E-state index contributed by atoms with van der Waals surface area (Å²) >= 11 is 0. The smallest absolute Gasteiger partial charge is 0.248 e. The van der Waals surface area contributed by atoms with Gasteiger partial charge in [-0.3, -0.25) is 57.5 Å². The molecule has 2 saturated heterocycles. The third-order valence-corrected chi connectivity index (χ3v) is 14.4. The molecule has 12 amide bonds. The lowest BCUT2D eigenvalue weighted by molar-refractivity contribution is -0.146. The molecule has 25 nitrogen and oxygen atoms in total. The van der Waals surface area contributed by atoms with Crippen LogP contribution in [0.4, 0.5) is 0 Å². The molecule has 8 atom stereocenters. The standard InChI is InChI=1S/C57H100N12O13/c1-30(2)26-36(29-70)59-48(76)40-20-18-24-68(40)53(81)56(14,15)66-47(75)39(28-32(5)6)60-46(74)38(27-31(3)4)61-49(77)41-21-19-25-69(41)54(82)57(16,17)67-51(79)44(34(9)10)64-50(78)43(33(7)8)63-45(73)37(22-23-42(58)72)62-52(80)55(12,13)65-35(11)71/h30-34,36-41,43-44,70H,18-29H2,1-17H3,(H2,58,72)(H,59,76)(H,60,74)(H,61,77)(H,62,80)(H,63,73)(H,64,78)(H,65,71)(H,66,75)(H,67,79)/t36-,37-,38-,39-,40-,41-,43-,44-/m0/s1. The van der Waals surface area contributed by atoms with Gasteiger partial charge in [-0.1, -0.05) is 69.2 Å². The van der Waals surface area contributed by atoms with Crippen molar-refractivity contribution in [2.75, 3.05) is 19.7 Å². The maximum Gasteiger partial charge on any atom is 0.248 e. The Morgan fingerprint density at radius 2 is 0.915 bits per heavy atom. The molecule has 2 rings (SSSR count). The number of carbonyl (C=O) groups is 12. The van der Waals surface area contributed by atoms with Crippen molar-refractivity contribution < 1.29 is 62.6 Å². The predicted octanol–water partition coefficient (Wildman–Crippen LogP) is 0.290. The first-order chi connectivity index (χ1) is 37.8. The number of aliphatic hydroxyl groups is 1. The molecule has 466 valence electrons. The molecule has 25 heteroatoms. The topological polar surface area (TPSA) is 366 Å². The van der Waals surface area contributed by atoms with Gasteiger partial charge in [0.15, 0.2) is 0 Å². The van der Waals surface area contributed by atoms with E-state index in [1.54, 1.807) is 27.7 Å². The SMILES string of the molecule is CC(=O)NC(C)(C)C(=O)N[C@@H](CCC(N)=O)C(=O)N[C@H](C(=O)N[C@H](C(=O)NC(C)(C)C(=O)N1CCC[C@H]1C(=O)N[C@@H](CC(C)C)C(=O)N[C@@H](CC(C)C)C(=O)NC(C)(C)C(=O)N1CCC[C@H]1C(=O)N[C@H](CO)CC(C)C)C(C)C)C(C)C. The van der Waals surface area contributed by atoms with Crippen molar-refractivity contribution >= 4 is 70.9 Å². The van der Waals surface area contributed by atoms with Crippen molar-refractivity contribution in [3.63, 3.8) is 0 Å². The van der Waals surface area contributed by atoms with Crippen LogP contribution in [0.25, 0.3) is 0 Å². The number of hydrogen-bond acceptors (Lipinski definition) is 13. The van der Waals surface area contributed by atoms with Crippen LogP contribution in [0.5, 0.6) is 0 Å². The highest BCUT2D eigenvalue weighted by Crippen LogP contribution is 2.25. The van der Waals surface area contributed by atoms with Gasteiger partial charge in [-0.25, -0.2) is 0 Å². The van der Waals surface area contributed by atoms with Crippen molar-refractivity contribution in [2.45, 2.75) is 240 Å². The van der Waals surface area contributed by atoms with E-state index in [0.29, 0.717) is 25.7 Å². The number of rotatable bonds is 31. The molecular weight excluding hydrogens is 1060 g/mol. The minimum absolute atomic E-state index is 0.109. The van der Waals surface area contributed by atoms with Crippen LogP contribution in [0.15, 0.2) is 0 Å². The summed E-state index contributed by atoms with van der Waals surface area (Å²) in [5.41, 5.74) is 0.735. The van der Waals surface area contributed by atoms with E-state index in [-0.39, 0.29) is 75.5 Å². The predicted molar refractivity (Wildman–Crippen MR) is 307 cm³/mol. The fraction of sp³-hybridized carbons (Fsp3) is 0.789. The molecule has 0 unspecified atom stereocenters. The lowest BCUT2D eigenvalue weighted by Gasteiger charge is -2.36. The van der Waals surface area contributed by atoms with Crippen LogP contribution in [0.2, 0.25) is 0 Å². The summed E-state index contributed by atoms with van der Waals surface area (Å²) in [6.07, 6.45) is 1.95. The fourth-order valence-corrected chi connectivity index (χ4v) is 10.1. The quantitative estimate of drug-likeness (QED) is 0.0445. The monoisotopic (exact) mass is 1160 g/mol. The van der Waals surface area contributed by atoms with Crippen LogP contribution in [0, 0.1) is 29.6 Å². The Morgan fingerprint density at radius 1 is 0.500 bits per heavy atom. The van der Waals surface area contributed by atoms with Crippen molar-refractivity contribution in [1.29, 1.82) is 0 Å². The van der Waals surface area contributed by atoms with E-state index in [2.05, 4.69) is 47.9 Å². The number of hydrogen-bond donors (Lipinski definition) is 11. The lowest BCUT2D eigenvalue weighted by Crippen LogP contribution is -2.64. The van der Waals surface area contributed by atoms with Crippen LogP contribution in [0.3, 0.4) is 0 Å². The Balaban J connectivity index is 2.28. The van der Waals surface area contributed by atoms with Gasteiger partial charge >= 0.3 is 0 Å². The normalized spacial score (nSPS) is 18.0. The summed E-state index contributed by atoms with van der Waals surface area (Å²) in [4.78, 5) is 166. The summed E-state index contributed by atoms with van der Waals surface area (Å²) in [6, 6.07) is -8.51. The van der Waals surface area contributed by atoms with Crippen molar-refractivity contribution in [2.24, 2.45) is 35.3 Å². The highest BCUT2D eigenvalue weighted by atomic mass is 16.3. The molecule has 0 aromatic heterocycles. The summed E-state index contributed by atoms with van der Waals surface area (Å²) in [5, 5.41) is 34.3. The summed E-state index contributed by atoms with van der Waals surface area (Å²) in [6.45, 7) is 28.2. The van der Waals surface area contributed by atoms with Crippen LogP contribution < -0.4 is 53.6 Å². The van der Waals surface area contributed by atoms with Crippen LogP contribution >= 0.6 is 0 Å². The number of primary amides is 1. The highest BCUT2D eigenvalue weighted by molar-refractivity contribution is 6.00. The zero-order valence-electron chi connectivity index (χ0n) is 51.8. The zero-order chi connectivity index (χ0) is 62.9. The molecule has 0 aliphatic carbocycles. The second kappa shape index (κ2) is 31.3. The van der Waals surface area contributed by atoms with E-state index >= 15 is 0 Å². The average Bonchev–Trinajstić information content (AvgIpc) is 4.05. The Hall–Kier alpha value is -6.40. The van der Waals surface area contributed by atoms with Gasteiger partial charge in [0.05, 0.1) is 12.6 Å². The van der Waals surface area contributed by atoms with Crippen LogP contribution in [0.1, 0.15) is 175 Å².